The van der Waals surface area contributed by atoms with Gasteiger partial charge in [0.05, 0.1) is 0 Å². The first kappa shape index (κ1) is 15.6. The Morgan fingerprint density at radius 3 is 2.45 bits per heavy atom. The van der Waals surface area contributed by atoms with E-state index in [9.17, 15) is 0 Å². The molecule has 0 aromatic carbocycles. The number of halogens is 1. The van der Waals surface area contributed by atoms with Crippen LogP contribution in [-0.4, -0.2) is 23.1 Å². The molecule has 1 aliphatic carbocycles. The molecule has 112 valence electrons. The number of hydrogen-bond donors (Lipinski definition) is 0. The van der Waals surface area contributed by atoms with Gasteiger partial charge in [0.25, 0.3) is 0 Å². The summed E-state index contributed by atoms with van der Waals surface area (Å²) in [6.45, 7) is 6.50. The molecule has 2 rings (SSSR count). The maximum absolute atomic E-state index is 6.14. The number of hydrogen-bond acceptors (Lipinski definition) is 3. The third kappa shape index (κ3) is 3.63. The summed E-state index contributed by atoms with van der Waals surface area (Å²) in [6.07, 6.45) is 6.50. The first-order valence-corrected chi connectivity index (χ1v) is 8.16. The summed E-state index contributed by atoms with van der Waals surface area (Å²) in [7, 11) is 2.14. The third-order valence-corrected chi connectivity index (χ3v) is 4.71. The zero-order valence-corrected chi connectivity index (χ0v) is 13.8. The molecule has 0 bridgehead atoms. The Morgan fingerprint density at radius 1 is 1.25 bits per heavy atom. The second-order valence-electron chi connectivity index (χ2n) is 6.26. The van der Waals surface area contributed by atoms with Crippen molar-refractivity contribution >= 4 is 17.4 Å². The highest BCUT2D eigenvalue weighted by Gasteiger charge is 2.24. The predicted molar refractivity (Wildman–Crippen MR) is 85.6 cm³/mol. The van der Waals surface area contributed by atoms with Crippen LogP contribution >= 0.6 is 11.6 Å². The maximum Gasteiger partial charge on any atom is 0.135 e. The van der Waals surface area contributed by atoms with Gasteiger partial charge in [0.15, 0.2) is 0 Å². The second-order valence-corrected chi connectivity index (χ2v) is 6.64. The van der Waals surface area contributed by atoms with Crippen molar-refractivity contribution in [2.45, 2.75) is 64.8 Å². The molecule has 1 fully saturated rings. The van der Waals surface area contributed by atoms with Crippen molar-refractivity contribution in [1.82, 2.24) is 9.97 Å². The van der Waals surface area contributed by atoms with Crippen molar-refractivity contribution in [3.63, 3.8) is 0 Å². The average Bonchev–Trinajstić information content (AvgIpc) is 2.46. The van der Waals surface area contributed by atoms with E-state index >= 15 is 0 Å². The summed E-state index contributed by atoms with van der Waals surface area (Å²) in [5.41, 5.74) is 0. The highest BCUT2D eigenvalue weighted by Crippen LogP contribution is 2.31. The van der Waals surface area contributed by atoms with Crippen molar-refractivity contribution in [3.05, 3.63) is 17.0 Å². The van der Waals surface area contributed by atoms with Crippen molar-refractivity contribution in [3.8, 4) is 0 Å². The second kappa shape index (κ2) is 6.75. The SMILES string of the molecule is CCC1CCC(N(C)c2cc(Cl)nc(C(C)C)n2)CC1. The van der Waals surface area contributed by atoms with Gasteiger partial charge in [0.1, 0.15) is 16.8 Å². The quantitative estimate of drug-likeness (QED) is 0.757. The largest absolute Gasteiger partial charge is 0.357 e. The van der Waals surface area contributed by atoms with Crippen LogP contribution in [0.2, 0.25) is 5.15 Å². The van der Waals surface area contributed by atoms with E-state index in [4.69, 9.17) is 11.6 Å². The Balaban J connectivity index is 2.11. The molecule has 1 heterocycles. The van der Waals surface area contributed by atoms with Crippen LogP contribution in [0.1, 0.15) is 64.6 Å². The summed E-state index contributed by atoms with van der Waals surface area (Å²) < 4.78 is 0. The molecule has 0 N–H and O–H groups in total. The van der Waals surface area contributed by atoms with Crippen LogP contribution in [0.15, 0.2) is 6.07 Å². The van der Waals surface area contributed by atoms with Gasteiger partial charge < -0.3 is 4.90 Å². The van der Waals surface area contributed by atoms with Crippen molar-refractivity contribution in [2.24, 2.45) is 5.92 Å². The normalized spacial score (nSPS) is 23.1. The van der Waals surface area contributed by atoms with Crippen molar-refractivity contribution in [2.75, 3.05) is 11.9 Å². The fourth-order valence-electron chi connectivity index (χ4n) is 2.99. The lowest BCUT2D eigenvalue weighted by atomic mass is 9.84. The van der Waals surface area contributed by atoms with Gasteiger partial charge in [0.2, 0.25) is 0 Å². The Morgan fingerprint density at radius 2 is 1.90 bits per heavy atom. The average molecular weight is 296 g/mol. The summed E-state index contributed by atoms with van der Waals surface area (Å²) in [5, 5.41) is 0.549. The molecule has 0 amide bonds. The Labute approximate surface area is 127 Å². The molecule has 0 atom stereocenters. The molecular weight excluding hydrogens is 270 g/mol. The topological polar surface area (TPSA) is 29.0 Å². The molecule has 0 unspecified atom stereocenters. The van der Waals surface area contributed by atoms with Gasteiger partial charge in [-0.05, 0) is 31.6 Å². The number of nitrogens with zero attached hydrogens (tertiary/aromatic N) is 3. The number of aromatic nitrogens is 2. The van der Waals surface area contributed by atoms with E-state index in [-0.39, 0.29) is 0 Å². The highest BCUT2D eigenvalue weighted by atomic mass is 35.5. The molecule has 0 radical (unpaired) electrons. The Hall–Kier alpha value is -0.830. The molecule has 0 spiro atoms. The van der Waals surface area contributed by atoms with E-state index in [1.807, 2.05) is 6.07 Å². The fraction of sp³-hybridized carbons (Fsp3) is 0.750. The van der Waals surface area contributed by atoms with Crippen LogP contribution in [0.5, 0.6) is 0 Å². The first-order valence-electron chi connectivity index (χ1n) is 7.78. The minimum absolute atomic E-state index is 0.302. The fourth-order valence-corrected chi connectivity index (χ4v) is 3.17. The number of anilines is 1. The first-order chi connectivity index (χ1) is 9.51. The van der Waals surface area contributed by atoms with E-state index in [1.165, 1.54) is 32.1 Å². The zero-order chi connectivity index (χ0) is 14.7. The molecule has 1 aromatic heterocycles. The van der Waals surface area contributed by atoms with Gasteiger partial charge in [0, 0.05) is 25.1 Å². The summed E-state index contributed by atoms with van der Waals surface area (Å²) >= 11 is 6.14. The van der Waals surface area contributed by atoms with Gasteiger partial charge >= 0.3 is 0 Å². The van der Waals surface area contributed by atoms with Crippen molar-refractivity contribution in [1.29, 1.82) is 0 Å². The van der Waals surface area contributed by atoms with E-state index in [2.05, 4.69) is 42.7 Å². The van der Waals surface area contributed by atoms with Crippen LogP contribution in [0.25, 0.3) is 0 Å². The lowest BCUT2D eigenvalue weighted by molar-refractivity contribution is 0.313. The van der Waals surface area contributed by atoms with Crippen LogP contribution in [0.3, 0.4) is 0 Å². The Kier molecular flexibility index (Phi) is 5.25. The maximum atomic E-state index is 6.14. The van der Waals surface area contributed by atoms with Gasteiger partial charge in [-0.3, -0.25) is 0 Å². The zero-order valence-electron chi connectivity index (χ0n) is 13.1. The predicted octanol–water partition coefficient (Wildman–Crippen LogP) is 4.66. The van der Waals surface area contributed by atoms with Gasteiger partial charge in [-0.1, -0.05) is 38.8 Å². The van der Waals surface area contributed by atoms with Gasteiger partial charge in [-0.2, -0.15) is 0 Å². The molecule has 3 nitrogen and oxygen atoms in total. The molecular formula is C16H26ClN3. The number of rotatable bonds is 4. The lowest BCUT2D eigenvalue weighted by Crippen LogP contribution is -2.35. The summed E-state index contributed by atoms with van der Waals surface area (Å²) in [4.78, 5) is 11.3. The van der Waals surface area contributed by atoms with Gasteiger partial charge in [-0.15, -0.1) is 0 Å². The van der Waals surface area contributed by atoms with Gasteiger partial charge in [-0.25, -0.2) is 9.97 Å². The molecule has 1 aliphatic rings. The van der Waals surface area contributed by atoms with Crippen LogP contribution < -0.4 is 4.90 Å². The van der Waals surface area contributed by atoms with Crippen LogP contribution in [-0.2, 0) is 0 Å². The smallest absolute Gasteiger partial charge is 0.135 e. The molecule has 4 heteroatoms. The lowest BCUT2D eigenvalue weighted by Gasteiger charge is -2.35. The summed E-state index contributed by atoms with van der Waals surface area (Å²) in [6, 6.07) is 2.48. The van der Waals surface area contributed by atoms with E-state index in [1.54, 1.807) is 0 Å². The monoisotopic (exact) mass is 295 g/mol. The van der Waals surface area contributed by atoms with E-state index < -0.39 is 0 Å². The minimum Gasteiger partial charge on any atom is -0.357 e. The van der Waals surface area contributed by atoms with E-state index in [0.29, 0.717) is 17.1 Å². The van der Waals surface area contributed by atoms with Crippen LogP contribution in [0, 0.1) is 5.92 Å². The molecule has 20 heavy (non-hydrogen) atoms. The Bertz CT molecular complexity index is 439. The third-order valence-electron chi connectivity index (χ3n) is 4.52. The molecule has 1 aromatic rings. The highest BCUT2D eigenvalue weighted by molar-refractivity contribution is 6.29. The van der Waals surface area contributed by atoms with Crippen molar-refractivity contribution < 1.29 is 0 Å². The standard InChI is InChI=1S/C16H26ClN3/c1-5-12-6-8-13(9-7-12)20(4)15-10-14(17)18-16(19-15)11(2)3/h10-13H,5-9H2,1-4H3. The van der Waals surface area contributed by atoms with E-state index in [0.717, 1.165) is 17.6 Å². The molecule has 1 saturated carbocycles. The molecule has 0 aliphatic heterocycles. The molecule has 0 saturated heterocycles. The van der Waals surface area contributed by atoms with Crippen LogP contribution in [0.4, 0.5) is 5.82 Å². The summed E-state index contributed by atoms with van der Waals surface area (Å²) in [5.74, 6) is 3.02. The minimum atomic E-state index is 0.302.